The molecule has 5 nitrogen and oxygen atoms in total. The molecule has 0 aromatic heterocycles. The van der Waals surface area contributed by atoms with Crippen molar-refractivity contribution < 1.29 is 14.3 Å². The lowest BCUT2D eigenvalue weighted by molar-refractivity contribution is -0.127. The summed E-state index contributed by atoms with van der Waals surface area (Å²) in [5, 5.41) is 2.41. The first kappa shape index (κ1) is 12.5. The van der Waals surface area contributed by atoms with Crippen molar-refractivity contribution in [2.24, 2.45) is 5.73 Å². The third-order valence-electron chi connectivity index (χ3n) is 1.46. The van der Waals surface area contributed by atoms with Crippen molar-refractivity contribution in [3.8, 4) is 12.3 Å². The molecule has 0 aromatic rings. The Morgan fingerprint density at radius 2 is 2.29 bits per heavy atom. The van der Waals surface area contributed by atoms with Gasteiger partial charge in [-0.3, -0.25) is 9.59 Å². The second-order valence-corrected chi connectivity index (χ2v) is 2.70. The van der Waals surface area contributed by atoms with Crippen LogP contribution >= 0.6 is 0 Å². The molecule has 0 saturated carbocycles. The molecule has 78 valence electrons. The Morgan fingerprint density at radius 3 is 2.79 bits per heavy atom. The van der Waals surface area contributed by atoms with Gasteiger partial charge in [-0.15, -0.1) is 6.42 Å². The van der Waals surface area contributed by atoms with Gasteiger partial charge in [-0.1, -0.05) is 5.92 Å². The van der Waals surface area contributed by atoms with E-state index in [-0.39, 0.29) is 25.5 Å². The third-order valence-corrected chi connectivity index (χ3v) is 1.46. The zero-order valence-electron chi connectivity index (χ0n) is 8.08. The molecule has 0 saturated heterocycles. The van der Waals surface area contributed by atoms with Crippen molar-refractivity contribution in [2.75, 3.05) is 13.2 Å². The number of ether oxygens (including phenoxy) is 1. The number of primary amides is 1. The van der Waals surface area contributed by atoms with Crippen molar-refractivity contribution in [1.29, 1.82) is 0 Å². The summed E-state index contributed by atoms with van der Waals surface area (Å²) < 4.78 is 4.88. The van der Waals surface area contributed by atoms with Gasteiger partial charge < -0.3 is 15.8 Å². The molecule has 1 atom stereocenters. The van der Waals surface area contributed by atoms with Crippen LogP contribution in [0.4, 0.5) is 0 Å². The van der Waals surface area contributed by atoms with Crippen LogP contribution in [0.25, 0.3) is 0 Å². The highest BCUT2D eigenvalue weighted by atomic mass is 16.5. The first-order valence-electron chi connectivity index (χ1n) is 4.17. The van der Waals surface area contributed by atoms with Gasteiger partial charge in [-0.25, -0.2) is 0 Å². The molecule has 0 radical (unpaired) electrons. The topological polar surface area (TPSA) is 81.4 Å². The summed E-state index contributed by atoms with van der Waals surface area (Å²) in [5.74, 6) is 1.42. The van der Waals surface area contributed by atoms with Gasteiger partial charge in [0.1, 0.15) is 12.6 Å². The zero-order valence-corrected chi connectivity index (χ0v) is 8.08. The lowest BCUT2D eigenvalue weighted by Crippen LogP contribution is -2.42. The quantitative estimate of drug-likeness (QED) is 0.425. The fourth-order valence-corrected chi connectivity index (χ4v) is 0.681. The molecule has 0 aromatic carbocycles. The molecule has 0 heterocycles. The zero-order chi connectivity index (χ0) is 11.0. The van der Waals surface area contributed by atoms with Gasteiger partial charge in [0.25, 0.3) is 0 Å². The van der Waals surface area contributed by atoms with Crippen LogP contribution in [0.1, 0.15) is 13.3 Å². The highest BCUT2D eigenvalue weighted by molar-refractivity contribution is 5.86. The van der Waals surface area contributed by atoms with E-state index in [1.807, 2.05) is 0 Å². The van der Waals surface area contributed by atoms with Crippen LogP contribution in [0, 0.1) is 12.3 Å². The van der Waals surface area contributed by atoms with Crippen molar-refractivity contribution in [3.63, 3.8) is 0 Å². The predicted molar refractivity (Wildman–Crippen MR) is 51.1 cm³/mol. The highest BCUT2D eigenvalue weighted by Gasteiger charge is 2.11. The van der Waals surface area contributed by atoms with Crippen LogP contribution in [0.5, 0.6) is 0 Å². The molecule has 0 aliphatic rings. The second-order valence-electron chi connectivity index (χ2n) is 2.70. The molecule has 0 aliphatic heterocycles. The molecule has 14 heavy (non-hydrogen) atoms. The fourth-order valence-electron chi connectivity index (χ4n) is 0.681. The first-order chi connectivity index (χ1) is 6.57. The summed E-state index contributed by atoms with van der Waals surface area (Å²) in [6.07, 6.45) is 5.10. The SMILES string of the molecule is C#CCOCCC(=O)NC(C)C(N)=O. The van der Waals surface area contributed by atoms with Crippen LogP contribution in [-0.2, 0) is 14.3 Å². The monoisotopic (exact) mass is 198 g/mol. The van der Waals surface area contributed by atoms with E-state index in [0.717, 1.165) is 0 Å². The average molecular weight is 198 g/mol. The molecule has 0 rings (SSSR count). The molecule has 2 amide bonds. The van der Waals surface area contributed by atoms with Gasteiger partial charge >= 0.3 is 0 Å². The summed E-state index contributed by atoms with van der Waals surface area (Å²) >= 11 is 0. The number of nitrogens with two attached hydrogens (primary N) is 1. The second kappa shape index (κ2) is 6.92. The number of terminal acetylenes is 1. The molecule has 0 aliphatic carbocycles. The minimum atomic E-state index is -0.657. The molecule has 0 fully saturated rings. The standard InChI is InChI=1S/C9H14N2O3/c1-3-5-14-6-4-8(12)11-7(2)9(10)13/h1,7H,4-6H2,2H3,(H2,10,13)(H,11,12). The first-order valence-corrected chi connectivity index (χ1v) is 4.17. The van der Waals surface area contributed by atoms with Gasteiger partial charge in [0.2, 0.25) is 11.8 Å². The van der Waals surface area contributed by atoms with Crippen molar-refractivity contribution in [3.05, 3.63) is 0 Å². The molecule has 3 N–H and O–H groups in total. The Hall–Kier alpha value is -1.54. The van der Waals surface area contributed by atoms with E-state index in [1.165, 1.54) is 6.92 Å². The molecule has 1 unspecified atom stereocenters. The average Bonchev–Trinajstić information content (AvgIpc) is 2.12. The number of hydrogen-bond donors (Lipinski definition) is 2. The van der Waals surface area contributed by atoms with Crippen LogP contribution in [-0.4, -0.2) is 31.1 Å². The Labute approximate surface area is 83.0 Å². The van der Waals surface area contributed by atoms with Crippen molar-refractivity contribution in [2.45, 2.75) is 19.4 Å². The highest BCUT2D eigenvalue weighted by Crippen LogP contribution is 1.86. The Balaban J connectivity index is 3.56. The van der Waals surface area contributed by atoms with E-state index in [9.17, 15) is 9.59 Å². The minimum Gasteiger partial charge on any atom is -0.368 e. The fraction of sp³-hybridized carbons (Fsp3) is 0.556. The lowest BCUT2D eigenvalue weighted by atomic mass is 10.3. The molecular formula is C9H14N2O3. The summed E-state index contributed by atoms with van der Waals surface area (Å²) in [7, 11) is 0. The maximum absolute atomic E-state index is 11.1. The number of nitrogens with one attached hydrogen (secondary N) is 1. The van der Waals surface area contributed by atoms with Gasteiger partial charge in [0.05, 0.1) is 13.0 Å². The molecule has 5 heteroatoms. The smallest absolute Gasteiger partial charge is 0.239 e. The van der Waals surface area contributed by atoms with Crippen LogP contribution in [0.2, 0.25) is 0 Å². The van der Waals surface area contributed by atoms with E-state index < -0.39 is 11.9 Å². The summed E-state index contributed by atoms with van der Waals surface area (Å²) in [5.41, 5.74) is 4.95. The van der Waals surface area contributed by atoms with Gasteiger partial charge in [-0.05, 0) is 6.92 Å². The van der Waals surface area contributed by atoms with E-state index >= 15 is 0 Å². The number of carbonyl (C=O) groups is 2. The maximum Gasteiger partial charge on any atom is 0.239 e. The van der Waals surface area contributed by atoms with Crippen molar-refractivity contribution >= 4 is 11.8 Å². The summed E-state index contributed by atoms with van der Waals surface area (Å²) in [6.45, 7) is 1.93. The number of rotatable bonds is 6. The summed E-state index contributed by atoms with van der Waals surface area (Å²) in [6, 6.07) is -0.657. The van der Waals surface area contributed by atoms with Gasteiger partial charge in [-0.2, -0.15) is 0 Å². The third kappa shape index (κ3) is 6.03. The Kier molecular flexibility index (Phi) is 6.16. The van der Waals surface area contributed by atoms with E-state index in [4.69, 9.17) is 16.9 Å². The Morgan fingerprint density at radius 1 is 1.64 bits per heavy atom. The number of amides is 2. The van der Waals surface area contributed by atoms with E-state index in [2.05, 4.69) is 11.2 Å². The van der Waals surface area contributed by atoms with Crippen molar-refractivity contribution in [1.82, 2.24) is 5.32 Å². The minimum absolute atomic E-state index is 0.166. The van der Waals surface area contributed by atoms with E-state index in [1.54, 1.807) is 0 Å². The van der Waals surface area contributed by atoms with E-state index in [0.29, 0.717) is 0 Å². The predicted octanol–water partition coefficient (Wildman–Crippen LogP) is -0.984. The molecular weight excluding hydrogens is 184 g/mol. The molecule has 0 spiro atoms. The Bertz CT molecular complexity index is 245. The van der Waals surface area contributed by atoms with Gasteiger partial charge in [0, 0.05) is 0 Å². The lowest BCUT2D eigenvalue weighted by Gasteiger charge is -2.09. The van der Waals surface area contributed by atoms with Crippen LogP contribution in [0.15, 0.2) is 0 Å². The normalized spacial score (nSPS) is 11.4. The van der Waals surface area contributed by atoms with Crippen LogP contribution in [0.3, 0.4) is 0 Å². The number of hydrogen-bond acceptors (Lipinski definition) is 3. The maximum atomic E-state index is 11.1. The van der Waals surface area contributed by atoms with Crippen LogP contribution < -0.4 is 11.1 Å². The number of carbonyl (C=O) groups excluding carboxylic acids is 2. The molecule has 0 bridgehead atoms. The largest absolute Gasteiger partial charge is 0.368 e. The summed E-state index contributed by atoms with van der Waals surface area (Å²) in [4.78, 5) is 21.6. The van der Waals surface area contributed by atoms with Gasteiger partial charge in [0.15, 0.2) is 0 Å².